The Hall–Kier alpha value is -2.95. The number of nitrogens with two attached hydrogens (primary N) is 1. The summed E-state index contributed by atoms with van der Waals surface area (Å²) in [6.45, 7) is 1.02. The molecule has 0 saturated heterocycles. The molecule has 4 N–H and O–H groups in total. The number of nitrogens with one attached hydrogen (secondary N) is 2. The smallest absolute Gasteiger partial charge is 0.264 e. The molecule has 1 aliphatic heterocycles. The summed E-state index contributed by atoms with van der Waals surface area (Å²) in [7, 11) is 0. The van der Waals surface area contributed by atoms with Crippen molar-refractivity contribution >= 4 is 35.0 Å². The number of anilines is 2. The number of hydrogen-bond donors (Lipinski definition) is 3. The van der Waals surface area contributed by atoms with Crippen molar-refractivity contribution in [2.45, 2.75) is 30.8 Å². The molecule has 2 heterocycles. The molecule has 1 amide bonds. The SMILES string of the molecule is Nn1c(NN=C2CCCC2)nnc1SCC(=O)Nc1ccc2c(c1)OCCO2. The molecule has 1 fully saturated rings. The van der Waals surface area contributed by atoms with Gasteiger partial charge in [-0.2, -0.15) is 5.10 Å². The van der Waals surface area contributed by atoms with Gasteiger partial charge in [0.05, 0.1) is 5.75 Å². The lowest BCUT2D eigenvalue weighted by atomic mass is 10.2. The molecule has 11 heteroatoms. The summed E-state index contributed by atoms with van der Waals surface area (Å²) in [4.78, 5) is 12.2. The van der Waals surface area contributed by atoms with Gasteiger partial charge < -0.3 is 20.6 Å². The van der Waals surface area contributed by atoms with E-state index >= 15 is 0 Å². The number of amides is 1. The Kier molecular flexibility index (Phi) is 5.51. The molecule has 2 aliphatic rings. The number of nitrogens with zero attached hydrogens (tertiary/aromatic N) is 4. The van der Waals surface area contributed by atoms with Gasteiger partial charge in [-0.25, -0.2) is 10.1 Å². The van der Waals surface area contributed by atoms with E-state index in [1.54, 1.807) is 18.2 Å². The second kappa shape index (κ2) is 8.38. The van der Waals surface area contributed by atoms with Crippen molar-refractivity contribution in [1.82, 2.24) is 14.9 Å². The Labute approximate surface area is 165 Å². The van der Waals surface area contributed by atoms with Crippen LogP contribution in [0.25, 0.3) is 0 Å². The first-order valence-corrected chi connectivity index (χ1v) is 10.0. The van der Waals surface area contributed by atoms with Crippen molar-refractivity contribution in [3.63, 3.8) is 0 Å². The fourth-order valence-electron chi connectivity index (χ4n) is 2.92. The summed E-state index contributed by atoms with van der Waals surface area (Å²) in [5.41, 5.74) is 4.59. The maximum atomic E-state index is 12.2. The van der Waals surface area contributed by atoms with E-state index in [1.807, 2.05) is 0 Å². The van der Waals surface area contributed by atoms with Crippen LogP contribution in [-0.4, -0.2) is 45.5 Å². The molecule has 10 nitrogen and oxygen atoms in total. The predicted molar refractivity (Wildman–Crippen MR) is 106 cm³/mol. The van der Waals surface area contributed by atoms with Gasteiger partial charge in [0.25, 0.3) is 5.95 Å². The van der Waals surface area contributed by atoms with E-state index in [0.29, 0.717) is 41.5 Å². The third-order valence-corrected chi connectivity index (χ3v) is 5.26. The topological polar surface area (TPSA) is 129 Å². The number of carbonyl (C=O) groups excluding carboxylic acids is 1. The number of carbonyl (C=O) groups is 1. The van der Waals surface area contributed by atoms with E-state index < -0.39 is 0 Å². The van der Waals surface area contributed by atoms with Crippen molar-refractivity contribution in [2.24, 2.45) is 5.10 Å². The van der Waals surface area contributed by atoms with E-state index in [0.717, 1.165) is 31.4 Å². The predicted octanol–water partition coefficient (Wildman–Crippen LogP) is 1.84. The van der Waals surface area contributed by atoms with Crippen LogP contribution in [-0.2, 0) is 4.79 Å². The Morgan fingerprint density at radius 3 is 2.82 bits per heavy atom. The third kappa shape index (κ3) is 4.30. The number of hydrogen-bond acceptors (Lipinski definition) is 9. The fraction of sp³-hybridized carbons (Fsp3) is 0.412. The van der Waals surface area contributed by atoms with E-state index in [1.165, 1.54) is 16.4 Å². The molecule has 0 atom stereocenters. The monoisotopic (exact) mass is 403 g/mol. The Bertz CT molecular complexity index is 891. The highest BCUT2D eigenvalue weighted by Gasteiger charge is 2.15. The largest absolute Gasteiger partial charge is 0.486 e. The van der Waals surface area contributed by atoms with E-state index in [9.17, 15) is 4.79 Å². The molecule has 0 spiro atoms. The highest BCUT2D eigenvalue weighted by atomic mass is 32.2. The van der Waals surface area contributed by atoms with Gasteiger partial charge in [0.2, 0.25) is 11.1 Å². The minimum Gasteiger partial charge on any atom is -0.486 e. The Balaban J connectivity index is 1.30. The first kappa shape index (κ1) is 18.4. The maximum absolute atomic E-state index is 12.2. The van der Waals surface area contributed by atoms with Gasteiger partial charge in [0.15, 0.2) is 11.5 Å². The molecular weight excluding hydrogens is 382 g/mol. The quantitative estimate of drug-likeness (QED) is 0.379. The van der Waals surface area contributed by atoms with Crippen LogP contribution in [0.15, 0.2) is 28.5 Å². The summed E-state index contributed by atoms with van der Waals surface area (Å²) in [6.07, 6.45) is 4.31. The molecule has 1 aliphatic carbocycles. The van der Waals surface area contributed by atoms with Gasteiger partial charge in [0, 0.05) is 17.5 Å². The van der Waals surface area contributed by atoms with Crippen LogP contribution in [0.5, 0.6) is 11.5 Å². The molecule has 2 aromatic rings. The molecule has 1 aromatic heterocycles. The van der Waals surface area contributed by atoms with Gasteiger partial charge in [-0.05, 0) is 37.8 Å². The maximum Gasteiger partial charge on any atom is 0.264 e. The molecule has 0 radical (unpaired) electrons. The third-order valence-electron chi connectivity index (χ3n) is 4.32. The number of rotatable bonds is 6. The number of thioether (sulfide) groups is 1. The van der Waals surface area contributed by atoms with Gasteiger partial charge in [-0.3, -0.25) is 4.79 Å². The lowest BCUT2D eigenvalue weighted by Crippen LogP contribution is -2.18. The van der Waals surface area contributed by atoms with Crippen LogP contribution in [0.4, 0.5) is 11.6 Å². The normalized spacial score (nSPS) is 15.4. The van der Waals surface area contributed by atoms with Crippen molar-refractivity contribution < 1.29 is 14.3 Å². The summed E-state index contributed by atoms with van der Waals surface area (Å²) in [5, 5.41) is 15.5. The molecule has 1 saturated carbocycles. The fourth-order valence-corrected chi connectivity index (χ4v) is 3.58. The van der Waals surface area contributed by atoms with Crippen LogP contribution in [0.3, 0.4) is 0 Å². The first-order valence-electron chi connectivity index (χ1n) is 9.03. The minimum atomic E-state index is -0.189. The van der Waals surface area contributed by atoms with Crippen LogP contribution in [0.2, 0.25) is 0 Å². The van der Waals surface area contributed by atoms with E-state index in [2.05, 4.69) is 26.0 Å². The second-order valence-electron chi connectivity index (χ2n) is 6.37. The van der Waals surface area contributed by atoms with Crippen LogP contribution in [0.1, 0.15) is 25.7 Å². The summed E-state index contributed by atoms with van der Waals surface area (Å²) >= 11 is 1.19. The lowest BCUT2D eigenvalue weighted by Gasteiger charge is -2.18. The Morgan fingerprint density at radius 2 is 2.00 bits per heavy atom. The molecule has 1 aromatic carbocycles. The van der Waals surface area contributed by atoms with Gasteiger partial charge in [0.1, 0.15) is 13.2 Å². The number of benzene rings is 1. The summed E-state index contributed by atoms with van der Waals surface area (Å²) in [6, 6.07) is 5.29. The van der Waals surface area contributed by atoms with Crippen LogP contribution < -0.4 is 26.1 Å². The number of nitrogen functional groups attached to an aromatic ring is 1. The Morgan fingerprint density at radius 1 is 1.21 bits per heavy atom. The van der Waals surface area contributed by atoms with Crippen LogP contribution >= 0.6 is 11.8 Å². The number of hydrazone groups is 1. The molecule has 148 valence electrons. The summed E-state index contributed by atoms with van der Waals surface area (Å²) in [5.74, 6) is 7.57. The van der Waals surface area contributed by atoms with Crippen molar-refractivity contribution in [3.05, 3.63) is 18.2 Å². The zero-order valence-corrected chi connectivity index (χ0v) is 16.0. The zero-order valence-electron chi connectivity index (χ0n) is 15.2. The van der Waals surface area contributed by atoms with E-state index in [-0.39, 0.29) is 11.7 Å². The van der Waals surface area contributed by atoms with Gasteiger partial charge in [-0.15, -0.1) is 10.2 Å². The summed E-state index contributed by atoms with van der Waals surface area (Å²) < 4.78 is 12.3. The van der Waals surface area contributed by atoms with Crippen LogP contribution in [0, 0.1) is 0 Å². The van der Waals surface area contributed by atoms with Crippen molar-refractivity contribution in [1.29, 1.82) is 0 Å². The molecule has 0 unspecified atom stereocenters. The zero-order chi connectivity index (χ0) is 19.3. The van der Waals surface area contributed by atoms with Crippen molar-refractivity contribution in [2.75, 3.05) is 35.6 Å². The molecular formula is C17H21N7O3S. The average molecular weight is 403 g/mol. The highest BCUT2D eigenvalue weighted by molar-refractivity contribution is 7.99. The lowest BCUT2D eigenvalue weighted by molar-refractivity contribution is -0.113. The van der Waals surface area contributed by atoms with Gasteiger partial charge in [-0.1, -0.05) is 11.8 Å². The molecule has 4 rings (SSSR count). The second-order valence-corrected chi connectivity index (χ2v) is 7.31. The standard InChI is InChI=1S/C17H21N7O3S/c18-24-16(21-20-11-3-1-2-4-11)22-23-17(24)28-10-15(25)19-12-5-6-13-14(9-12)27-8-7-26-13/h5-6,9H,1-4,7-8,10,18H2,(H,19,25)(H,21,22). The number of ether oxygens (including phenoxy) is 2. The van der Waals surface area contributed by atoms with Gasteiger partial charge >= 0.3 is 0 Å². The van der Waals surface area contributed by atoms with E-state index in [4.69, 9.17) is 15.3 Å². The average Bonchev–Trinajstić information content (AvgIpc) is 3.34. The minimum absolute atomic E-state index is 0.137. The first-order chi connectivity index (χ1) is 13.7. The number of fused-ring (bicyclic) bond motifs is 1. The highest BCUT2D eigenvalue weighted by Crippen LogP contribution is 2.32. The molecule has 28 heavy (non-hydrogen) atoms. The van der Waals surface area contributed by atoms with Crippen molar-refractivity contribution in [3.8, 4) is 11.5 Å². The molecule has 0 bridgehead atoms. The number of aromatic nitrogens is 3.